The monoisotopic (exact) mass is 257 g/mol. The lowest BCUT2D eigenvalue weighted by atomic mass is 9.87. The van der Waals surface area contributed by atoms with Crippen LogP contribution < -0.4 is 5.32 Å². The van der Waals surface area contributed by atoms with E-state index < -0.39 is 0 Å². The molecule has 3 heteroatoms. The fraction of sp³-hybridized carbons (Fsp3) is 1.00. The molecule has 0 aromatic rings. The van der Waals surface area contributed by atoms with Crippen LogP contribution in [-0.2, 0) is 4.74 Å². The zero-order chi connectivity index (χ0) is 12.1. The topological polar surface area (TPSA) is 21.3 Å². The van der Waals surface area contributed by atoms with Crippen molar-refractivity contribution in [3.63, 3.8) is 0 Å². The molecule has 0 spiro atoms. The standard InChI is InChI=1S/C14H27NOS/c1-11-3-5-13(6-4-11)15-8-10-17-14-7-9-16-12(14)2/h11-15H,3-10H2,1-2H3. The number of hydrogen-bond donors (Lipinski definition) is 1. The maximum absolute atomic E-state index is 5.58. The largest absolute Gasteiger partial charge is 0.377 e. The van der Waals surface area contributed by atoms with Crippen molar-refractivity contribution in [2.75, 3.05) is 18.9 Å². The summed E-state index contributed by atoms with van der Waals surface area (Å²) in [6.45, 7) is 6.73. The van der Waals surface area contributed by atoms with Gasteiger partial charge >= 0.3 is 0 Å². The van der Waals surface area contributed by atoms with Crippen LogP contribution in [0, 0.1) is 5.92 Å². The Labute approximate surface area is 110 Å². The first kappa shape index (κ1) is 13.7. The second-order valence-electron chi connectivity index (χ2n) is 5.68. The summed E-state index contributed by atoms with van der Waals surface area (Å²) >= 11 is 2.09. The van der Waals surface area contributed by atoms with E-state index in [1.54, 1.807) is 0 Å². The van der Waals surface area contributed by atoms with Gasteiger partial charge in [0.2, 0.25) is 0 Å². The molecule has 1 saturated heterocycles. The van der Waals surface area contributed by atoms with Crippen molar-refractivity contribution in [3.8, 4) is 0 Å². The Balaban J connectivity index is 1.51. The molecule has 2 nitrogen and oxygen atoms in total. The van der Waals surface area contributed by atoms with E-state index in [4.69, 9.17) is 4.74 Å². The lowest BCUT2D eigenvalue weighted by Crippen LogP contribution is -2.34. The normalized spacial score (nSPS) is 38.5. The van der Waals surface area contributed by atoms with Gasteiger partial charge in [-0.2, -0.15) is 11.8 Å². The predicted octanol–water partition coefficient (Wildman–Crippen LogP) is 3.07. The fourth-order valence-electron chi connectivity index (χ4n) is 2.87. The van der Waals surface area contributed by atoms with Crippen molar-refractivity contribution in [2.45, 2.75) is 63.3 Å². The minimum Gasteiger partial charge on any atom is -0.377 e. The Hall–Kier alpha value is 0.270. The van der Waals surface area contributed by atoms with Crippen LogP contribution in [-0.4, -0.2) is 36.3 Å². The Morgan fingerprint density at radius 3 is 2.53 bits per heavy atom. The second kappa shape index (κ2) is 7.01. The molecule has 2 fully saturated rings. The summed E-state index contributed by atoms with van der Waals surface area (Å²) in [5.74, 6) is 2.20. The highest BCUT2D eigenvalue weighted by Gasteiger charge is 2.24. The molecule has 1 aliphatic heterocycles. The van der Waals surface area contributed by atoms with Crippen LogP contribution in [0.15, 0.2) is 0 Å². The lowest BCUT2D eigenvalue weighted by Gasteiger charge is -2.27. The molecule has 1 aliphatic carbocycles. The van der Waals surface area contributed by atoms with Crippen molar-refractivity contribution >= 4 is 11.8 Å². The van der Waals surface area contributed by atoms with Crippen LogP contribution in [0.5, 0.6) is 0 Å². The van der Waals surface area contributed by atoms with Crippen LogP contribution in [0.25, 0.3) is 0 Å². The third-order valence-corrected chi connectivity index (χ3v) is 5.68. The minimum atomic E-state index is 0.468. The van der Waals surface area contributed by atoms with E-state index in [-0.39, 0.29) is 0 Å². The zero-order valence-electron chi connectivity index (χ0n) is 11.3. The lowest BCUT2D eigenvalue weighted by molar-refractivity contribution is 0.127. The highest BCUT2D eigenvalue weighted by atomic mass is 32.2. The molecule has 17 heavy (non-hydrogen) atoms. The summed E-state index contributed by atoms with van der Waals surface area (Å²) in [4.78, 5) is 0. The van der Waals surface area contributed by atoms with Gasteiger partial charge in [-0.1, -0.05) is 6.92 Å². The van der Waals surface area contributed by atoms with Crippen molar-refractivity contribution in [2.24, 2.45) is 5.92 Å². The first-order chi connectivity index (χ1) is 8.25. The van der Waals surface area contributed by atoms with Gasteiger partial charge in [-0.15, -0.1) is 0 Å². The summed E-state index contributed by atoms with van der Waals surface area (Å²) in [7, 11) is 0. The van der Waals surface area contributed by atoms with Crippen molar-refractivity contribution in [1.82, 2.24) is 5.32 Å². The van der Waals surface area contributed by atoms with E-state index >= 15 is 0 Å². The van der Waals surface area contributed by atoms with Gasteiger partial charge < -0.3 is 10.1 Å². The second-order valence-corrected chi connectivity index (χ2v) is 7.03. The molecule has 1 heterocycles. The molecular weight excluding hydrogens is 230 g/mol. The van der Waals surface area contributed by atoms with E-state index in [1.807, 2.05) is 0 Å². The zero-order valence-corrected chi connectivity index (χ0v) is 12.1. The van der Waals surface area contributed by atoms with E-state index in [9.17, 15) is 0 Å². The number of nitrogens with one attached hydrogen (secondary N) is 1. The Morgan fingerprint density at radius 2 is 1.88 bits per heavy atom. The predicted molar refractivity (Wildman–Crippen MR) is 75.7 cm³/mol. The van der Waals surface area contributed by atoms with E-state index in [2.05, 4.69) is 30.9 Å². The molecule has 100 valence electrons. The Bertz CT molecular complexity index is 216. The highest BCUT2D eigenvalue weighted by molar-refractivity contribution is 8.00. The summed E-state index contributed by atoms with van der Waals surface area (Å²) in [6, 6.07) is 0.795. The third-order valence-electron chi connectivity index (χ3n) is 4.19. The number of hydrogen-bond acceptors (Lipinski definition) is 3. The van der Waals surface area contributed by atoms with Crippen molar-refractivity contribution < 1.29 is 4.74 Å². The van der Waals surface area contributed by atoms with E-state index in [1.165, 1.54) is 44.4 Å². The molecule has 0 amide bonds. The van der Waals surface area contributed by atoms with Gasteiger partial charge in [-0.25, -0.2) is 0 Å². The summed E-state index contributed by atoms with van der Waals surface area (Å²) < 4.78 is 5.58. The Kier molecular flexibility index (Phi) is 5.64. The van der Waals surface area contributed by atoms with Crippen LogP contribution in [0.4, 0.5) is 0 Å². The molecule has 2 unspecified atom stereocenters. The number of rotatable bonds is 5. The SMILES string of the molecule is CC1CCC(NCCSC2CCOC2C)CC1. The van der Waals surface area contributed by atoms with Crippen LogP contribution in [0.3, 0.4) is 0 Å². The Morgan fingerprint density at radius 1 is 1.12 bits per heavy atom. The van der Waals surface area contributed by atoms with E-state index in [0.29, 0.717) is 6.10 Å². The minimum absolute atomic E-state index is 0.468. The molecule has 0 aromatic heterocycles. The molecule has 2 rings (SSSR count). The molecule has 0 radical (unpaired) electrons. The molecule has 2 atom stereocenters. The maximum Gasteiger partial charge on any atom is 0.0666 e. The smallest absolute Gasteiger partial charge is 0.0666 e. The molecule has 0 aromatic carbocycles. The highest BCUT2D eigenvalue weighted by Crippen LogP contribution is 2.26. The van der Waals surface area contributed by atoms with Gasteiger partial charge in [0.15, 0.2) is 0 Å². The van der Waals surface area contributed by atoms with Gasteiger partial charge in [0.1, 0.15) is 0 Å². The van der Waals surface area contributed by atoms with Crippen molar-refractivity contribution in [3.05, 3.63) is 0 Å². The molecule has 1 N–H and O–H groups in total. The van der Waals surface area contributed by atoms with E-state index in [0.717, 1.165) is 23.8 Å². The first-order valence-corrected chi connectivity index (χ1v) is 8.27. The summed E-state index contributed by atoms with van der Waals surface area (Å²) in [6.07, 6.45) is 7.31. The summed E-state index contributed by atoms with van der Waals surface area (Å²) in [5.41, 5.74) is 0. The molecular formula is C14H27NOS. The van der Waals surface area contributed by atoms with Gasteiger partial charge in [0.05, 0.1) is 6.10 Å². The quantitative estimate of drug-likeness (QED) is 0.765. The number of ether oxygens (including phenoxy) is 1. The molecule has 2 aliphatic rings. The van der Waals surface area contributed by atoms with Crippen LogP contribution in [0.1, 0.15) is 46.0 Å². The average molecular weight is 257 g/mol. The van der Waals surface area contributed by atoms with Gasteiger partial charge in [-0.05, 0) is 44.9 Å². The van der Waals surface area contributed by atoms with Crippen LogP contribution >= 0.6 is 11.8 Å². The fourth-order valence-corrected chi connectivity index (χ4v) is 4.02. The van der Waals surface area contributed by atoms with Gasteiger partial charge in [-0.3, -0.25) is 0 Å². The molecule has 0 bridgehead atoms. The summed E-state index contributed by atoms with van der Waals surface area (Å²) in [5, 5.41) is 4.46. The van der Waals surface area contributed by atoms with Crippen LogP contribution in [0.2, 0.25) is 0 Å². The van der Waals surface area contributed by atoms with Crippen molar-refractivity contribution in [1.29, 1.82) is 0 Å². The first-order valence-electron chi connectivity index (χ1n) is 7.22. The number of thioether (sulfide) groups is 1. The molecule has 1 saturated carbocycles. The maximum atomic E-state index is 5.58. The average Bonchev–Trinajstić information content (AvgIpc) is 2.73. The van der Waals surface area contributed by atoms with Gasteiger partial charge in [0.25, 0.3) is 0 Å². The van der Waals surface area contributed by atoms with Gasteiger partial charge in [0, 0.05) is 30.2 Å². The third kappa shape index (κ3) is 4.46.